The molecule has 0 atom stereocenters. The van der Waals surface area contributed by atoms with Gasteiger partial charge in [-0.3, -0.25) is 9.59 Å². The molecule has 168 valence electrons. The average Bonchev–Trinajstić information content (AvgIpc) is 3.28. The second-order valence-electron chi connectivity index (χ2n) is 6.90. The van der Waals surface area contributed by atoms with E-state index in [1.54, 1.807) is 39.8 Å². The first kappa shape index (κ1) is 25.6. The number of rotatable bonds is 4. The Hall–Kier alpha value is -3.41. The minimum Gasteiger partial charge on any atom is -0.478 e. The summed E-state index contributed by atoms with van der Waals surface area (Å²) in [6.07, 6.45) is 0. The number of aromatic carboxylic acids is 1. The standard InChI is InChI=1S/C11H7BrN4O3.2C4H9NO/c12-7-2-1-6(19-7)10-14-9-4-5(11(17)18)3-8(13)16(9)15-10;2*1-3(2)4(5)6/h1-4H,13H2,(H,17,18);2*3H,1-2H3,(H2,5,6). The number of hydrogen-bond acceptors (Lipinski definition) is 7. The van der Waals surface area contributed by atoms with Crippen LogP contribution in [-0.2, 0) is 9.59 Å². The first-order valence-corrected chi connectivity index (χ1v) is 9.86. The predicted molar refractivity (Wildman–Crippen MR) is 118 cm³/mol. The zero-order valence-electron chi connectivity index (χ0n) is 17.5. The number of furan rings is 1. The zero-order valence-corrected chi connectivity index (χ0v) is 19.1. The number of halogens is 1. The number of hydrogen-bond donors (Lipinski definition) is 4. The highest BCUT2D eigenvalue weighted by molar-refractivity contribution is 9.10. The Morgan fingerprint density at radius 1 is 1.06 bits per heavy atom. The van der Waals surface area contributed by atoms with E-state index in [9.17, 15) is 14.4 Å². The second-order valence-corrected chi connectivity index (χ2v) is 7.68. The Labute approximate surface area is 186 Å². The SMILES string of the molecule is CC(C)C(N)=O.CC(C)C(N)=O.Nc1cc(C(=O)O)cc2nc(-c3ccc(Br)o3)nn12. The van der Waals surface area contributed by atoms with Gasteiger partial charge in [-0.1, -0.05) is 27.7 Å². The van der Waals surface area contributed by atoms with Crippen molar-refractivity contribution < 1.29 is 23.9 Å². The van der Waals surface area contributed by atoms with Gasteiger partial charge < -0.3 is 26.7 Å². The van der Waals surface area contributed by atoms with Crippen LogP contribution < -0.4 is 17.2 Å². The van der Waals surface area contributed by atoms with Crippen LogP contribution in [0.2, 0.25) is 0 Å². The van der Waals surface area contributed by atoms with Crippen molar-refractivity contribution in [1.29, 1.82) is 0 Å². The van der Waals surface area contributed by atoms with E-state index >= 15 is 0 Å². The minimum atomic E-state index is -1.07. The molecule has 31 heavy (non-hydrogen) atoms. The van der Waals surface area contributed by atoms with Crippen LogP contribution in [0, 0.1) is 11.8 Å². The Bertz CT molecular complexity index is 1060. The van der Waals surface area contributed by atoms with Crippen molar-refractivity contribution in [3.8, 4) is 11.6 Å². The largest absolute Gasteiger partial charge is 0.478 e. The third kappa shape index (κ3) is 7.74. The van der Waals surface area contributed by atoms with Gasteiger partial charge in [0.25, 0.3) is 0 Å². The van der Waals surface area contributed by atoms with Crippen molar-refractivity contribution in [1.82, 2.24) is 14.6 Å². The van der Waals surface area contributed by atoms with Crippen molar-refractivity contribution in [2.75, 3.05) is 5.73 Å². The average molecular weight is 497 g/mol. The molecular formula is C19H25BrN6O5. The fraction of sp³-hybridized carbons (Fsp3) is 0.316. The lowest BCUT2D eigenvalue weighted by atomic mass is 10.2. The van der Waals surface area contributed by atoms with Gasteiger partial charge >= 0.3 is 5.97 Å². The van der Waals surface area contributed by atoms with E-state index < -0.39 is 5.97 Å². The first-order chi connectivity index (χ1) is 14.3. The quantitative estimate of drug-likeness (QED) is 0.421. The van der Waals surface area contributed by atoms with Crippen molar-refractivity contribution in [2.24, 2.45) is 23.3 Å². The van der Waals surface area contributed by atoms with E-state index in [2.05, 4.69) is 26.0 Å². The molecule has 0 radical (unpaired) electrons. The van der Waals surface area contributed by atoms with Crippen LogP contribution in [0.4, 0.5) is 5.82 Å². The highest BCUT2D eigenvalue weighted by atomic mass is 79.9. The summed E-state index contributed by atoms with van der Waals surface area (Å²) < 4.78 is 7.25. The number of anilines is 1. The van der Waals surface area contributed by atoms with E-state index in [0.29, 0.717) is 21.9 Å². The van der Waals surface area contributed by atoms with Crippen LogP contribution >= 0.6 is 15.9 Å². The van der Waals surface area contributed by atoms with Crippen LogP contribution in [0.3, 0.4) is 0 Å². The highest BCUT2D eigenvalue weighted by Crippen LogP contribution is 2.23. The van der Waals surface area contributed by atoms with Crippen LogP contribution in [0.25, 0.3) is 17.2 Å². The molecule has 0 aromatic carbocycles. The summed E-state index contributed by atoms with van der Waals surface area (Å²) in [5.41, 5.74) is 15.7. The molecule has 0 unspecified atom stereocenters. The van der Waals surface area contributed by atoms with Gasteiger partial charge in [-0.15, -0.1) is 5.10 Å². The van der Waals surface area contributed by atoms with Gasteiger partial charge in [-0.05, 0) is 40.2 Å². The van der Waals surface area contributed by atoms with Crippen LogP contribution in [0.5, 0.6) is 0 Å². The van der Waals surface area contributed by atoms with Crippen LogP contribution in [-0.4, -0.2) is 37.5 Å². The molecule has 3 aromatic heterocycles. The molecule has 3 heterocycles. The monoisotopic (exact) mass is 496 g/mol. The summed E-state index contributed by atoms with van der Waals surface area (Å²) >= 11 is 3.19. The van der Waals surface area contributed by atoms with E-state index in [1.807, 2.05) is 0 Å². The van der Waals surface area contributed by atoms with Crippen molar-refractivity contribution >= 4 is 45.2 Å². The number of primary amides is 2. The Morgan fingerprint density at radius 3 is 1.97 bits per heavy atom. The molecule has 0 fully saturated rings. The van der Waals surface area contributed by atoms with Gasteiger partial charge in [-0.25, -0.2) is 9.78 Å². The summed E-state index contributed by atoms with van der Waals surface area (Å²) in [7, 11) is 0. The molecular weight excluding hydrogens is 472 g/mol. The smallest absolute Gasteiger partial charge is 0.335 e. The summed E-state index contributed by atoms with van der Waals surface area (Å²) in [6.45, 7) is 7.06. The number of carbonyl (C=O) groups is 3. The van der Waals surface area contributed by atoms with Gasteiger partial charge in [0.2, 0.25) is 17.6 Å². The minimum absolute atomic E-state index is 0.00926. The number of carbonyl (C=O) groups excluding carboxylic acids is 2. The molecule has 12 heteroatoms. The van der Waals surface area contributed by atoms with Crippen molar-refractivity contribution in [2.45, 2.75) is 27.7 Å². The highest BCUT2D eigenvalue weighted by Gasteiger charge is 2.14. The van der Waals surface area contributed by atoms with E-state index in [1.165, 1.54) is 16.6 Å². The van der Waals surface area contributed by atoms with Gasteiger partial charge in [0.1, 0.15) is 5.82 Å². The number of nitrogens with zero attached hydrogens (tertiary/aromatic N) is 3. The Morgan fingerprint density at radius 2 is 1.58 bits per heavy atom. The molecule has 3 rings (SSSR count). The number of nitrogen functional groups attached to an aromatic ring is 1. The second kappa shape index (κ2) is 11.1. The van der Waals surface area contributed by atoms with E-state index in [4.69, 9.17) is 26.7 Å². The molecule has 0 saturated heterocycles. The molecule has 3 aromatic rings. The van der Waals surface area contributed by atoms with Crippen LogP contribution in [0.15, 0.2) is 33.4 Å². The van der Waals surface area contributed by atoms with Crippen LogP contribution in [0.1, 0.15) is 38.1 Å². The maximum Gasteiger partial charge on any atom is 0.335 e. The molecule has 0 bridgehead atoms. The third-order valence-electron chi connectivity index (χ3n) is 3.64. The molecule has 2 amide bonds. The number of amides is 2. The Balaban J connectivity index is 0.000000333. The summed E-state index contributed by atoms with van der Waals surface area (Å²) in [5.74, 6) is -0.578. The number of aromatic nitrogens is 3. The van der Waals surface area contributed by atoms with E-state index in [0.717, 1.165) is 0 Å². The number of pyridine rings is 1. The molecule has 11 nitrogen and oxygen atoms in total. The molecule has 0 aliphatic carbocycles. The number of carboxylic acids is 1. The lowest BCUT2D eigenvalue weighted by Crippen LogP contribution is -2.17. The number of nitrogens with two attached hydrogens (primary N) is 3. The number of carboxylic acid groups (broad SMARTS) is 1. The van der Waals surface area contributed by atoms with E-state index in [-0.39, 0.29) is 35.0 Å². The normalized spacial score (nSPS) is 10.3. The fourth-order valence-electron chi connectivity index (χ4n) is 1.67. The molecule has 0 aliphatic rings. The van der Waals surface area contributed by atoms with Gasteiger partial charge in [0, 0.05) is 11.8 Å². The summed E-state index contributed by atoms with van der Waals surface area (Å²) in [6, 6.07) is 6.14. The van der Waals surface area contributed by atoms with Gasteiger partial charge in [0.15, 0.2) is 16.1 Å². The zero-order chi connectivity index (χ0) is 23.9. The maximum absolute atomic E-state index is 10.9. The lowest BCUT2D eigenvalue weighted by molar-refractivity contribution is -0.121. The Kier molecular flexibility index (Phi) is 9.18. The van der Waals surface area contributed by atoms with Gasteiger partial charge in [0.05, 0.1) is 5.56 Å². The van der Waals surface area contributed by atoms with Gasteiger partial charge in [-0.2, -0.15) is 4.52 Å². The van der Waals surface area contributed by atoms with Crippen molar-refractivity contribution in [3.05, 3.63) is 34.5 Å². The predicted octanol–water partition coefficient (Wildman–Crippen LogP) is 2.29. The topological polar surface area (TPSA) is 193 Å². The van der Waals surface area contributed by atoms with Crippen molar-refractivity contribution in [3.63, 3.8) is 0 Å². The molecule has 0 saturated carbocycles. The third-order valence-corrected chi connectivity index (χ3v) is 4.07. The fourth-order valence-corrected chi connectivity index (χ4v) is 1.98. The summed E-state index contributed by atoms with van der Waals surface area (Å²) in [4.78, 5) is 35.0. The lowest BCUT2D eigenvalue weighted by Gasteiger charge is -1.99. The molecule has 0 spiro atoms. The maximum atomic E-state index is 10.9. The summed E-state index contributed by atoms with van der Waals surface area (Å²) in [5, 5.41) is 13.1. The first-order valence-electron chi connectivity index (χ1n) is 9.07. The molecule has 7 N–H and O–H groups in total. The molecule has 0 aliphatic heterocycles. The number of fused-ring (bicyclic) bond motifs is 1.